The maximum Gasteiger partial charge on any atom is 0.330 e. The van der Waals surface area contributed by atoms with E-state index in [0.29, 0.717) is 43.0 Å². The molecule has 0 unspecified atom stereocenters. The molecular weight excluding hydrogens is 843 g/mol. The quantitative estimate of drug-likeness (QED) is 0.0542. The smallest absolute Gasteiger partial charge is 0.330 e. The standard InChI is InChI=1S/C51H40N3O6P3/c55-61(43-29-13-3-14-30-43,44-31-15-4-16-32-44)58-52-49(41-25-9-1-10-26-41)51(54-60-63(57,47-37-21-7-22-38-47)48-39-23-8-24-40-48)50(42-27-11-2-12-28-42)53-59-62(56,45-33-17-5-18-34-45)46-35-19-6-20-36-46/h1-40H/b52-49-,53-50+,54-51?. The van der Waals surface area contributed by atoms with E-state index in [-0.39, 0.29) is 17.1 Å². The van der Waals surface area contributed by atoms with Crippen LogP contribution in [0.3, 0.4) is 0 Å². The normalized spacial score (nSPS) is 12.6. The highest BCUT2D eigenvalue weighted by Crippen LogP contribution is 2.48. The fourth-order valence-corrected chi connectivity index (χ4v) is 12.1. The lowest BCUT2D eigenvalue weighted by Crippen LogP contribution is -2.29. The summed E-state index contributed by atoms with van der Waals surface area (Å²) in [6, 6.07) is 70.7. The van der Waals surface area contributed by atoms with E-state index in [9.17, 15) is 0 Å². The van der Waals surface area contributed by atoms with Gasteiger partial charge in [0.25, 0.3) is 0 Å². The fourth-order valence-electron chi connectivity index (χ4n) is 6.63. The highest BCUT2D eigenvalue weighted by atomic mass is 31.2. The van der Waals surface area contributed by atoms with Crippen molar-refractivity contribution in [2.24, 2.45) is 15.5 Å². The van der Waals surface area contributed by atoms with Crippen LogP contribution in [0.4, 0.5) is 0 Å². The molecule has 8 aromatic rings. The highest BCUT2D eigenvalue weighted by Gasteiger charge is 2.36. The monoisotopic (exact) mass is 883 g/mol. The average Bonchev–Trinajstić information content (AvgIpc) is 3.37. The first-order valence-corrected chi connectivity index (χ1v) is 24.8. The summed E-state index contributed by atoms with van der Waals surface area (Å²) in [6.45, 7) is 0. The Morgan fingerprint density at radius 3 is 0.683 bits per heavy atom. The van der Waals surface area contributed by atoms with Crippen molar-refractivity contribution in [1.82, 2.24) is 0 Å². The van der Waals surface area contributed by atoms with Crippen molar-refractivity contribution in [2.45, 2.75) is 0 Å². The van der Waals surface area contributed by atoms with E-state index < -0.39 is 22.1 Å². The van der Waals surface area contributed by atoms with Crippen LogP contribution in [0.5, 0.6) is 0 Å². The van der Waals surface area contributed by atoms with Crippen molar-refractivity contribution >= 4 is 71.1 Å². The molecule has 0 fully saturated rings. The van der Waals surface area contributed by atoms with Crippen LogP contribution in [0.15, 0.2) is 258 Å². The summed E-state index contributed by atoms with van der Waals surface area (Å²) in [5, 5.41) is 16.5. The van der Waals surface area contributed by atoms with Crippen molar-refractivity contribution in [3.05, 3.63) is 254 Å². The van der Waals surface area contributed by atoms with Gasteiger partial charge in [0, 0.05) is 11.1 Å². The Balaban J connectivity index is 1.40. The second kappa shape index (κ2) is 19.7. The van der Waals surface area contributed by atoms with E-state index >= 15 is 13.7 Å². The van der Waals surface area contributed by atoms with Gasteiger partial charge in [0.05, 0.1) is 31.8 Å². The average molecular weight is 884 g/mol. The molecule has 0 heterocycles. The largest absolute Gasteiger partial charge is 0.330 e. The van der Waals surface area contributed by atoms with Gasteiger partial charge >= 0.3 is 22.1 Å². The molecule has 12 heteroatoms. The van der Waals surface area contributed by atoms with Gasteiger partial charge in [-0.05, 0) is 72.8 Å². The van der Waals surface area contributed by atoms with E-state index in [2.05, 4.69) is 0 Å². The number of nitrogens with zero attached hydrogens (tertiary/aromatic N) is 3. The zero-order chi connectivity index (χ0) is 43.4. The van der Waals surface area contributed by atoms with Crippen LogP contribution in [0.1, 0.15) is 11.1 Å². The molecule has 9 nitrogen and oxygen atoms in total. The zero-order valence-electron chi connectivity index (χ0n) is 33.7. The van der Waals surface area contributed by atoms with E-state index in [4.69, 9.17) is 29.3 Å². The van der Waals surface area contributed by atoms with Gasteiger partial charge in [-0.1, -0.05) is 185 Å². The molecule has 0 saturated carbocycles. The van der Waals surface area contributed by atoms with Gasteiger partial charge in [-0.25, -0.2) is 0 Å². The first-order chi connectivity index (χ1) is 30.9. The summed E-state index contributed by atoms with van der Waals surface area (Å²) in [5.41, 5.74) is 0.755. The molecular formula is C51H40N3O6P3. The lowest BCUT2D eigenvalue weighted by molar-refractivity contribution is 0.343. The summed E-state index contributed by atoms with van der Waals surface area (Å²) in [7, 11) is -11.9. The third-order valence-electron chi connectivity index (χ3n) is 9.86. The maximum absolute atomic E-state index is 15.5. The minimum Gasteiger partial charge on any atom is -0.330 e. The van der Waals surface area contributed by atoms with Gasteiger partial charge < -0.3 is 13.9 Å². The number of rotatable bonds is 16. The first-order valence-electron chi connectivity index (χ1n) is 19.9. The topological polar surface area (TPSA) is 116 Å². The molecule has 0 spiro atoms. The van der Waals surface area contributed by atoms with E-state index in [1.165, 1.54) is 0 Å². The second-order valence-electron chi connectivity index (χ2n) is 14.0. The Hall–Kier alpha value is -7.14. The van der Waals surface area contributed by atoms with Crippen LogP contribution >= 0.6 is 22.1 Å². The van der Waals surface area contributed by atoms with Crippen LogP contribution in [0.2, 0.25) is 0 Å². The van der Waals surface area contributed by atoms with Crippen molar-refractivity contribution in [2.75, 3.05) is 0 Å². The summed E-state index contributed by atoms with van der Waals surface area (Å²) < 4.78 is 65.2. The molecule has 0 aliphatic carbocycles. The predicted molar refractivity (Wildman–Crippen MR) is 256 cm³/mol. The Bertz CT molecular complexity index is 2700. The maximum atomic E-state index is 15.5. The third kappa shape index (κ3) is 9.52. The SMILES string of the molecule is O=P(ON=C(/C(=N\OP(=O)(c1ccccc1)c1ccccc1)c1ccccc1)/C(=N/OP(=O)(c1ccccc1)c1ccccc1)c1ccccc1)(c1ccccc1)c1ccccc1. The molecule has 0 bridgehead atoms. The summed E-state index contributed by atoms with van der Waals surface area (Å²) in [6.07, 6.45) is 0. The van der Waals surface area contributed by atoms with Crippen LogP contribution in [0.25, 0.3) is 0 Å². The van der Waals surface area contributed by atoms with Crippen LogP contribution in [-0.4, -0.2) is 17.1 Å². The van der Waals surface area contributed by atoms with Crippen molar-refractivity contribution in [3.63, 3.8) is 0 Å². The Labute approximate surface area is 366 Å². The molecule has 0 amide bonds. The predicted octanol–water partition coefficient (Wildman–Crippen LogP) is 9.99. The molecule has 8 rings (SSSR count). The van der Waals surface area contributed by atoms with Crippen molar-refractivity contribution in [3.8, 4) is 0 Å². The molecule has 0 atom stereocenters. The number of hydrogen-bond donors (Lipinski definition) is 0. The summed E-state index contributed by atoms with van der Waals surface area (Å²) in [4.78, 5) is 0. The van der Waals surface area contributed by atoms with E-state index in [1.54, 1.807) is 194 Å². The summed E-state index contributed by atoms with van der Waals surface area (Å²) >= 11 is 0. The molecule has 310 valence electrons. The molecule has 0 aromatic heterocycles. The van der Waals surface area contributed by atoms with E-state index in [1.807, 2.05) is 48.5 Å². The first kappa shape index (κ1) is 42.5. The van der Waals surface area contributed by atoms with Gasteiger partial charge in [0.1, 0.15) is 11.4 Å². The molecule has 0 aliphatic rings. The number of hydrogen-bond acceptors (Lipinski definition) is 9. The van der Waals surface area contributed by atoms with E-state index in [0.717, 1.165) is 0 Å². The molecule has 0 radical (unpaired) electrons. The molecule has 0 N–H and O–H groups in total. The van der Waals surface area contributed by atoms with Crippen LogP contribution in [-0.2, 0) is 27.6 Å². The summed E-state index contributed by atoms with van der Waals surface area (Å²) in [5.74, 6) is 0. The van der Waals surface area contributed by atoms with Gasteiger partial charge in [-0.15, -0.1) is 0 Å². The van der Waals surface area contributed by atoms with Crippen LogP contribution in [0, 0.1) is 0 Å². The molecule has 0 saturated heterocycles. The molecule has 63 heavy (non-hydrogen) atoms. The highest BCUT2D eigenvalue weighted by molar-refractivity contribution is 7.75. The van der Waals surface area contributed by atoms with Crippen molar-refractivity contribution < 1.29 is 27.6 Å². The lowest BCUT2D eigenvalue weighted by atomic mass is 9.98. The Morgan fingerprint density at radius 1 is 0.270 bits per heavy atom. The second-order valence-corrected chi connectivity index (χ2v) is 20.9. The van der Waals surface area contributed by atoms with Gasteiger partial charge in [-0.3, -0.25) is 13.7 Å². The van der Waals surface area contributed by atoms with Crippen molar-refractivity contribution in [1.29, 1.82) is 0 Å². The van der Waals surface area contributed by atoms with Crippen LogP contribution < -0.4 is 31.8 Å². The van der Waals surface area contributed by atoms with Gasteiger partial charge in [0.15, 0.2) is 5.71 Å². The minimum atomic E-state index is -4.02. The van der Waals surface area contributed by atoms with Gasteiger partial charge in [0.2, 0.25) is 0 Å². The zero-order valence-corrected chi connectivity index (χ0v) is 36.4. The lowest BCUT2D eigenvalue weighted by Gasteiger charge is -2.21. The molecule has 8 aromatic carbocycles. The minimum absolute atomic E-state index is 0.00387. The Morgan fingerprint density at radius 2 is 0.460 bits per heavy atom. The third-order valence-corrected chi connectivity index (χ3v) is 16.7. The Kier molecular flexibility index (Phi) is 13.3. The molecule has 0 aliphatic heterocycles. The van der Waals surface area contributed by atoms with Gasteiger partial charge in [-0.2, -0.15) is 0 Å². The number of oxime groups is 3. The number of benzene rings is 8. The fraction of sp³-hybridized carbons (Fsp3) is 0.